The fourth-order valence-corrected chi connectivity index (χ4v) is 4.09. The fraction of sp³-hybridized carbons (Fsp3) is 0.200. The lowest BCUT2D eigenvalue weighted by Crippen LogP contribution is -2.63. The van der Waals surface area contributed by atoms with E-state index in [9.17, 15) is 14.0 Å². The smallest absolute Gasteiger partial charge is 0.259 e. The van der Waals surface area contributed by atoms with Gasteiger partial charge in [-0.05, 0) is 42.8 Å². The molecule has 158 valence electrons. The first kappa shape index (κ1) is 20.6. The Bertz CT molecular complexity index is 1150. The maximum absolute atomic E-state index is 14.0. The van der Waals surface area contributed by atoms with Crippen LogP contribution in [0, 0.1) is 5.82 Å². The minimum atomic E-state index is -1.23. The van der Waals surface area contributed by atoms with Crippen LogP contribution in [0.2, 0.25) is 0 Å². The molecule has 1 atom stereocenters. The number of nitrogens with zero attached hydrogens (tertiary/aromatic N) is 1. The maximum Gasteiger partial charge on any atom is 0.259 e. The summed E-state index contributed by atoms with van der Waals surface area (Å²) in [5.74, 6) is -0.464. The molecular weight excluding hydrogens is 395 g/mol. The number of nitrogens with one attached hydrogen (secondary N) is 1. The molecule has 0 aromatic heterocycles. The second-order valence-corrected chi connectivity index (χ2v) is 7.72. The predicted octanol–water partition coefficient (Wildman–Crippen LogP) is 4.11. The number of rotatable bonds is 5. The zero-order valence-corrected chi connectivity index (χ0v) is 17.4. The van der Waals surface area contributed by atoms with E-state index in [1.807, 2.05) is 36.4 Å². The van der Waals surface area contributed by atoms with E-state index in [-0.39, 0.29) is 18.4 Å². The highest BCUT2D eigenvalue weighted by Gasteiger charge is 2.47. The number of carbonyl (C=O) groups excluding carboxylic acids is 2. The largest absolute Gasteiger partial charge is 0.496 e. The summed E-state index contributed by atoms with van der Waals surface area (Å²) in [7, 11) is 1.57. The standard InChI is InChI=1S/C25H23FN2O3/c1-25(24(30)27-16-18-9-4-6-13-22(18)31-2)15-17-8-3-5-12-21(17)23(29)28(25)20-11-7-10-19(26)14-20/h3-14H,15-16H2,1-2H3,(H,27,30)/t25-/m0/s1. The number of halogens is 1. The monoisotopic (exact) mass is 418 g/mol. The lowest BCUT2D eigenvalue weighted by Gasteiger charge is -2.44. The molecule has 0 bridgehead atoms. The Kier molecular flexibility index (Phi) is 5.46. The number of fused-ring (bicyclic) bond motifs is 1. The van der Waals surface area contributed by atoms with Crippen molar-refractivity contribution in [3.05, 3.63) is 95.3 Å². The van der Waals surface area contributed by atoms with E-state index in [1.54, 1.807) is 32.2 Å². The van der Waals surface area contributed by atoms with E-state index in [0.717, 1.165) is 11.1 Å². The van der Waals surface area contributed by atoms with E-state index in [1.165, 1.54) is 23.1 Å². The molecule has 3 aromatic carbocycles. The maximum atomic E-state index is 14.0. The van der Waals surface area contributed by atoms with Gasteiger partial charge < -0.3 is 10.1 Å². The van der Waals surface area contributed by atoms with Crippen molar-refractivity contribution in [1.82, 2.24) is 5.32 Å². The number of methoxy groups -OCH3 is 1. The van der Waals surface area contributed by atoms with Crippen molar-refractivity contribution in [2.45, 2.75) is 25.4 Å². The van der Waals surface area contributed by atoms with Gasteiger partial charge in [0.2, 0.25) is 5.91 Å². The minimum absolute atomic E-state index is 0.241. The van der Waals surface area contributed by atoms with Crippen molar-refractivity contribution in [3.8, 4) is 5.75 Å². The van der Waals surface area contributed by atoms with Gasteiger partial charge in [0, 0.05) is 29.8 Å². The van der Waals surface area contributed by atoms with E-state index in [0.29, 0.717) is 23.4 Å². The third-order valence-electron chi connectivity index (χ3n) is 5.67. The normalized spacial score (nSPS) is 17.8. The van der Waals surface area contributed by atoms with Crippen LogP contribution in [0.25, 0.3) is 0 Å². The summed E-state index contributed by atoms with van der Waals surface area (Å²) in [4.78, 5) is 28.3. The highest BCUT2D eigenvalue weighted by atomic mass is 19.1. The van der Waals surface area contributed by atoms with Crippen LogP contribution in [0.3, 0.4) is 0 Å². The van der Waals surface area contributed by atoms with Crippen molar-refractivity contribution in [2.24, 2.45) is 0 Å². The number of hydrogen-bond acceptors (Lipinski definition) is 3. The Hall–Kier alpha value is -3.67. The number of para-hydroxylation sites is 1. The van der Waals surface area contributed by atoms with Gasteiger partial charge in [0.15, 0.2) is 0 Å². The molecule has 3 aromatic rings. The first-order valence-corrected chi connectivity index (χ1v) is 10.0. The lowest BCUT2D eigenvalue weighted by molar-refractivity contribution is -0.126. The average molecular weight is 418 g/mol. The summed E-state index contributed by atoms with van der Waals surface area (Å²) in [6.07, 6.45) is 0.309. The molecule has 0 spiro atoms. The molecule has 0 radical (unpaired) electrons. The second kappa shape index (κ2) is 8.22. The SMILES string of the molecule is COc1ccccc1CNC(=O)[C@]1(C)Cc2ccccc2C(=O)N1c1cccc(F)c1. The van der Waals surface area contributed by atoms with Crippen LogP contribution >= 0.6 is 0 Å². The quantitative estimate of drug-likeness (QED) is 0.678. The number of ether oxygens (including phenoxy) is 1. The Balaban J connectivity index is 1.71. The van der Waals surface area contributed by atoms with Gasteiger partial charge in [-0.25, -0.2) is 4.39 Å². The van der Waals surface area contributed by atoms with Crippen molar-refractivity contribution < 1.29 is 18.7 Å². The third kappa shape index (κ3) is 3.77. The summed E-state index contributed by atoms with van der Waals surface area (Å²) in [6.45, 7) is 1.95. The van der Waals surface area contributed by atoms with Gasteiger partial charge in [-0.3, -0.25) is 14.5 Å². The first-order valence-electron chi connectivity index (χ1n) is 10.0. The number of hydrogen-bond donors (Lipinski definition) is 1. The molecule has 0 saturated carbocycles. The van der Waals surface area contributed by atoms with E-state index in [2.05, 4.69) is 5.32 Å². The van der Waals surface area contributed by atoms with Gasteiger partial charge in [0.25, 0.3) is 5.91 Å². The topological polar surface area (TPSA) is 58.6 Å². The van der Waals surface area contributed by atoms with Crippen LogP contribution in [0.15, 0.2) is 72.8 Å². The number of amides is 2. The minimum Gasteiger partial charge on any atom is -0.496 e. The Labute approximate surface area is 180 Å². The fourth-order valence-electron chi connectivity index (χ4n) is 4.09. The van der Waals surface area contributed by atoms with Crippen LogP contribution in [-0.4, -0.2) is 24.5 Å². The van der Waals surface area contributed by atoms with Crippen LogP contribution in [0.5, 0.6) is 5.75 Å². The summed E-state index contributed by atoms with van der Waals surface area (Å²) < 4.78 is 19.4. The van der Waals surface area contributed by atoms with Crippen LogP contribution in [0.4, 0.5) is 10.1 Å². The predicted molar refractivity (Wildman–Crippen MR) is 117 cm³/mol. The molecule has 4 rings (SSSR count). The first-order chi connectivity index (χ1) is 14.9. The van der Waals surface area contributed by atoms with Gasteiger partial charge in [0.05, 0.1) is 7.11 Å². The van der Waals surface area contributed by atoms with Gasteiger partial charge in [-0.15, -0.1) is 0 Å². The Morgan fingerprint density at radius 2 is 1.84 bits per heavy atom. The van der Waals surface area contributed by atoms with Crippen molar-refractivity contribution in [3.63, 3.8) is 0 Å². The molecule has 0 fully saturated rings. The molecule has 1 aliphatic heterocycles. The van der Waals surface area contributed by atoms with Crippen LogP contribution in [0.1, 0.15) is 28.4 Å². The summed E-state index contributed by atoms with van der Waals surface area (Å²) in [6, 6.07) is 20.4. The van der Waals surface area contributed by atoms with E-state index < -0.39 is 11.4 Å². The average Bonchev–Trinajstić information content (AvgIpc) is 2.77. The lowest BCUT2D eigenvalue weighted by atomic mass is 9.82. The molecule has 1 N–H and O–H groups in total. The number of anilines is 1. The van der Waals surface area contributed by atoms with Gasteiger partial charge in [-0.2, -0.15) is 0 Å². The molecule has 5 nitrogen and oxygen atoms in total. The summed E-state index contributed by atoms with van der Waals surface area (Å²) >= 11 is 0. The second-order valence-electron chi connectivity index (χ2n) is 7.72. The van der Waals surface area contributed by atoms with Crippen LogP contribution in [-0.2, 0) is 17.8 Å². The Morgan fingerprint density at radius 1 is 1.10 bits per heavy atom. The molecule has 6 heteroatoms. The van der Waals surface area contributed by atoms with Gasteiger partial charge in [0.1, 0.15) is 17.1 Å². The summed E-state index contributed by atoms with van der Waals surface area (Å²) in [5.41, 5.74) is 1.23. The van der Waals surface area contributed by atoms with Gasteiger partial charge >= 0.3 is 0 Å². The van der Waals surface area contributed by atoms with E-state index >= 15 is 0 Å². The number of carbonyl (C=O) groups is 2. The Morgan fingerprint density at radius 3 is 2.61 bits per heavy atom. The van der Waals surface area contributed by atoms with E-state index in [4.69, 9.17) is 4.74 Å². The molecule has 31 heavy (non-hydrogen) atoms. The molecule has 1 heterocycles. The zero-order chi connectivity index (χ0) is 22.0. The van der Waals surface area contributed by atoms with Crippen molar-refractivity contribution in [1.29, 1.82) is 0 Å². The summed E-state index contributed by atoms with van der Waals surface area (Å²) in [5, 5.41) is 2.94. The third-order valence-corrected chi connectivity index (χ3v) is 5.67. The highest BCUT2D eigenvalue weighted by Crippen LogP contribution is 2.36. The molecule has 1 aliphatic rings. The molecule has 2 amide bonds. The molecule has 0 aliphatic carbocycles. The molecule has 0 unspecified atom stereocenters. The molecular formula is C25H23FN2O3. The van der Waals surface area contributed by atoms with Gasteiger partial charge in [-0.1, -0.05) is 42.5 Å². The number of benzene rings is 3. The van der Waals surface area contributed by atoms with Crippen molar-refractivity contribution in [2.75, 3.05) is 12.0 Å². The highest BCUT2D eigenvalue weighted by molar-refractivity contribution is 6.14. The molecule has 0 saturated heterocycles. The van der Waals surface area contributed by atoms with Crippen LogP contribution < -0.4 is 15.0 Å². The zero-order valence-electron chi connectivity index (χ0n) is 17.4. The van der Waals surface area contributed by atoms with Crippen molar-refractivity contribution >= 4 is 17.5 Å².